The Balaban J connectivity index is 1.93. The van der Waals surface area contributed by atoms with Crippen LogP contribution in [0.4, 0.5) is 11.4 Å². The molecule has 0 bridgehead atoms. The minimum Gasteiger partial charge on any atom is -0.507 e. The Labute approximate surface area is 249 Å². The molecule has 216 valence electrons. The lowest BCUT2D eigenvalue weighted by molar-refractivity contribution is -0.112. The van der Waals surface area contributed by atoms with Crippen LogP contribution in [0.3, 0.4) is 0 Å². The van der Waals surface area contributed by atoms with Crippen LogP contribution in [0.25, 0.3) is 11.1 Å². The van der Waals surface area contributed by atoms with E-state index in [1.54, 1.807) is 12.1 Å². The quantitative estimate of drug-likeness (QED) is 0.196. The van der Waals surface area contributed by atoms with Gasteiger partial charge in [0.25, 0.3) is 0 Å². The number of Topliss-reactive ketones (excluding diaryl/α,β-unsaturated/α-hetero) is 1. The first-order valence-corrected chi connectivity index (χ1v) is 14.1. The number of benzene rings is 4. The van der Waals surface area contributed by atoms with Crippen LogP contribution in [-0.2, 0) is 17.6 Å². The van der Waals surface area contributed by atoms with Gasteiger partial charge in [-0.3, -0.25) is 4.79 Å². The van der Waals surface area contributed by atoms with Gasteiger partial charge in [-0.05, 0) is 60.4 Å². The standard InChI is InChI=1S/C37H40N2O3/c1-25(31-19-17-29(38(3)4)23-35(31)40)33(21-27-13-9-7-10-14-27)37(42)34(22-28-15-11-8-12-16-28)26(2)32-20-18-30(39(5)6)24-36(32)41/h7-20,23-24,40-41H,21-22H2,1-6H3. The minimum absolute atomic E-state index is 0.107. The highest BCUT2D eigenvalue weighted by Crippen LogP contribution is 2.36. The van der Waals surface area contributed by atoms with Crippen LogP contribution in [0.5, 0.6) is 11.5 Å². The van der Waals surface area contributed by atoms with E-state index < -0.39 is 0 Å². The van der Waals surface area contributed by atoms with Gasteiger partial charge in [0.15, 0.2) is 5.78 Å². The number of hydrogen-bond donors (Lipinski definition) is 2. The smallest absolute Gasteiger partial charge is 0.186 e. The fourth-order valence-corrected chi connectivity index (χ4v) is 5.10. The number of allylic oxidation sites excluding steroid dienone is 4. The van der Waals surface area contributed by atoms with E-state index in [0.29, 0.717) is 35.1 Å². The van der Waals surface area contributed by atoms with Gasteiger partial charge in [0, 0.05) is 86.8 Å². The summed E-state index contributed by atoms with van der Waals surface area (Å²) in [6.45, 7) is 3.80. The van der Waals surface area contributed by atoms with Crippen LogP contribution in [0, 0.1) is 0 Å². The van der Waals surface area contributed by atoms with Crippen LogP contribution >= 0.6 is 0 Å². The maximum Gasteiger partial charge on any atom is 0.186 e. The topological polar surface area (TPSA) is 64.0 Å². The normalized spacial score (nSPS) is 12.3. The predicted octanol–water partition coefficient (Wildman–Crippen LogP) is 7.53. The van der Waals surface area contributed by atoms with Gasteiger partial charge in [-0.15, -0.1) is 0 Å². The van der Waals surface area contributed by atoms with E-state index in [-0.39, 0.29) is 17.3 Å². The summed E-state index contributed by atoms with van der Waals surface area (Å²) >= 11 is 0. The average Bonchev–Trinajstić information content (AvgIpc) is 2.98. The van der Waals surface area contributed by atoms with Crippen molar-refractivity contribution >= 4 is 28.3 Å². The Kier molecular flexibility index (Phi) is 9.53. The zero-order valence-electron chi connectivity index (χ0n) is 25.3. The van der Waals surface area contributed by atoms with E-state index in [0.717, 1.165) is 33.6 Å². The van der Waals surface area contributed by atoms with E-state index in [1.807, 2.05) is 137 Å². The molecule has 4 rings (SSSR count). The molecule has 0 fully saturated rings. The molecule has 5 heteroatoms. The summed E-state index contributed by atoms with van der Waals surface area (Å²) in [5, 5.41) is 22.1. The molecule has 0 spiro atoms. The van der Waals surface area contributed by atoms with Crippen LogP contribution in [0.1, 0.15) is 36.1 Å². The first kappa shape index (κ1) is 30.2. The third-order valence-corrected chi connectivity index (χ3v) is 7.70. The van der Waals surface area contributed by atoms with Crippen molar-refractivity contribution < 1.29 is 15.0 Å². The molecule has 0 saturated heterocycles. The number of carbonyl (C=O) groups is 1. The molecule has 0 aliphatic carbocycles. The summed E-state index contributed by atoms with van der Waals surface area (Å²) in [5.41, 5.74) is 7.62. The van der Waals surface area contributed by atoms with Crippen LogP contribution < -0.4 is 9.80 Å². The first-order valence-electron chi connectivity index (χ1n) is 14.1. The highest BCUT2D eigenvalue weighted by molar-refractivity contribution is 6.17. The van der Waals surface area contributed by atoms with Crippen LogP contribution in [0.2, 0.25) is 0 Å². The monoisotopic (exact) mass is 560 g/mol. The van der Waals surface area contributed by atoms with Crippen molar-refractivity contribution in [1.82, 2.24) is 0 Å². The second-order valence-corrected chi connectivity index (χ2v) is 11.1. The molecular weight excluding hydrogens is 520 g/mol. The number of ketones is 1. The Morgan fingerprint density at radius 1 is 0.571 bits per heavy atom. The molecule has 0 aromatic heterocycles. The third kappa shape index (κ3) is 6.92. The van der Waals surface area contributed by atoms with E-state index in [2.05, 4.69) is 0 Å². The van der Waals surface area contributed by atoms with E-state index >= 15 is 0 Å². The molecule has 0 amide bonds. The molecule has 42 heavy (non-hydrogen) atoms. The maximum absolute atomic E-state index is 14.8. The molecule has 0 atom stereocenters. The minimum atomic E-state index is -0.107. The van der Waals surface area contributed by atoms with Gasteiger partial charge in [0.2, 0.25) is 0 Å². The summed E-state index contributed by atoms with van der Waals surface area (Å²) < 4.78 is 0. The predicted molar refractivity (Wildman–Crippen MR) is 175 cm³/mol. The Morgan fingerprint density at radius 2 is 0.929 bits per heavy atom. The van der Waals surface area contributed by atoms with Gasteiger partial charge in [-0.25, -0.2) is 0 Å². The van der Waals surface area contributed by atoms with Crippen molar-refractivity contribution in [2.24, 2.45) is 0 Å². The zero-order valence-corrected chi connectivity index (χ0v) is 25.3. The van der Waals surface area contributed by atoms with E-state index in [1.165, 1.54) is 0 Å². The number of carbonyl (C=O) groups excluding carboxylic acids is 1. The number of anilines is 2. The maximum atomic E-state index is 14.8. The zero-order chi connectivity index (χ0) is 30.4. The van der Waals surface area contributed by atoms with Gasteiger partial charge < -0.3 is 20.0 Å². The summed E-state index contributed by atoms with van der Waals surface area (Å²) in [7, 11) is 7.69. The molecule has 4 aromatic carbocycles. The Hall–Kier alpha value is -4.77. The molecule has 0 aliphatic rings. The highest BCUT2D eigenvalue weighted by atomic mass is 16.3. The lowest BCUT2D eigenvalue weighted by Gasteiger charge is -2.20. The lowest BCUT2D eigenvalue weighted by atomic mass is 9.85. The van der Waals surface area contributed by atoms with Crippen LogP contribution in [0.15, 0.2) is 108 Å². The third-order valence-electron chi connectivity index (χ3n) is 7.70. The number of aromatic hydroxyl groups is 2. The van der Waals surface area contributed by atoms with Crippen molar-refractivity contribution in [3.05, 3.63) is 130 Å². The summed E-state index contributed by atoms with van der Waals surface area (Å²) in [5.74, 6) is 0.142. The number of hydrogen-bond acceptors (Lipinski definition) is 5. The van der Waals surface area contributed by atoms with Crippen molar-refractivity contribution in [3.8, 4) is 11.5 Å². The molecular formula is C37H40N2O3. The lowest BCUT2D eigenvalue weighted by Crippen LogP contribution is -2.15. The molecule has 5 nitrogen and oxygen atoms in total. The number of nitrogens with zero attached hydrogens (tertiary/aromatic N) is 2. The second kappa shape index (κ2) is 13.3. The van der Waals surface area contributed by atoms with E-state index in [4.69, 9.17) is 0 Å². The first-order chi connectivity index (χ1) is 20.1. The summed E-state index contributed by atoms with van der Waals surface area (Å²) in [4.78, 5) is 18.6. The number of phenolic OH excluding ortho intramolecular Hbond substituents is 2. The van der Waals surface area contributed by atoms with Gasteiger partial charge in [-0.2, -0.15) is 0 Å². The number of phenols is 2. The van der Waals surface area contributed by atoms with Gasteiger partial charge in [-0.1, -0.05) is 60.7 Å². The molecule has 0 unspecified atom stereocenters. The molecule has 2 N–H and O–H groups in total. The molecule has 0 heterocycles. The largest absolute Gasteiger partial charge is 0.507 e. The van der Waals surface area contributed by atoms with Crippen molar-refractivity contribution in [1.29, 1.82) is 0 Å². The van der Waals surface area contributed by atoms with E-state index in [9.17, 15) is 15.0 Å². The second-order valence-electron chi connectivity index (χ2n) is 11.1. The molecule has 0 radical (unpaired) electrons. The summed E-state index contributed by atoms with van der Waals surface area (Å²) in [6, 6.07) is 30.9. The average molecular weight is 561 g/mol. The molecule has 0 saturated carbocycles. The van der Waals surface area contributed by atoms with Gasteiger partial charge in [0.05, 0.1) is 0 Å². The van der Waals surface area contributed by atoms with Gasteiger partial charge in [0.1, 0.15) is 11.5 Å². The fraction of sp³-hybridized carbons (Fsp3) is 0.216. The van der Waals surface area contributed by atoms with Gasteiger partial charge >= 0.3 is 0 Å². The molecule has 4 aromatic rings. The van der Waals surface area contributed by atoms with Crippen molar-refractivity contribution in [3.63, 3.8) is 0 Å². The fourth-order valence-electron chi connectivity index (χ4n) is 5.10. The number of rotatable bonds is 10. The SMILES string of the molecule is CC(=C(Cc1ccccc1)C(=O)C(Cc1ccccc1)=C(C)c1ccc(N(C)C)cc1O)c1ccc(N(C)C)cc1O. The summed E-state index contributed by atoms with van der Waals surface area (Å²) in [6.07, 6.45) is 0.801. The van der Waals surface area contributed by atoms with Crippen molar-refractivity contribution in [2.75, 3.05) is 38.0 Å². The van der Waals surface area contributed by atoms with Crippen LogP contribution in [-0.4, -0.2) is 44.2 Å². The Bertz CT molecular complexity index is 1500. The highest BCUT2D eigenvalue weighted by Gasteiger charge is 2.24. The van der Waals surface area contributed by atoms with Crippen molar-refractivity contribution in [2.45, 2.75) is 26.7 Å². The molecule has 0 aliphatic heterocycles. The Morgan fingerprint density at radius 3 is 1.24 bits per heavy atom.